The molecule has 14 heavy (non-hydrogen) atoms. The van der Waals surface area contributed by atoms with Gasteiger partial charge in [-0.05, 0) is 27.2 Å². The summed E-state index contributed by atoms with van der Waals surface area (Å²) in [7, 11) is 0. The first-order valence-corrected chi connectivity index (χ1v) is 4.77. The molecule has 4 nitrogen and oxygen atoms in total. The van der Waals surface area contributed by atoms with E-state index in [9.17, 15) is 9.59 Å². The maximum absolute atomic E-state index is 11.3. The monoisotopic (exact) mass is 201 g/mol. The minimum atomic E-state index is -0.507. The summed E-state index contributed by atoms with van der Waals surface area (Å²) in [5.41, 5.74) is 4.61. The lowest BCUT2D eigenvalue weighted by atomic mass is 10.0. The Kier molecular flexibility index (Phi) is 4.60. The molecule has 1 atom stereocenters. The van der Waals surface area contributed by atoms with E-state index in [-0.39, 0.29) is 12.4 Å². The van der Waals surface area contributed by atoms with E-state index in [0.29, 0.717) is 6.42 Å². The molecule has 0 heterocycles. The quantitative estimate of drug-likeness (QED) is 0.695. The second-order valence-electron chi connectivity index (χ2n) is 4.30. The summed E-state index contributed by atoms with van der Waals surface area (Å²) >= 11 is 0. The lowest BCUT2D eigenvalue weighted by Crippen LogP contribution is -2.29. The van der Waals surface area contributed by atoms with Crippen LogP contribution in [0.1, 0.15) is 40.5 Å². The van der Waals surface area contributed by atoms with Gasteiger partial charge in [0.05, 0.1) is 6.42 Å². The molecule has 0 spiro atoms. The molecule has 0 aromatic heterocycles. The highest BCUT2D eigenvalue weighted by atomic mass is 16.6. The Bertz CT molecular complexity index is 218. The van der Waals surface area contributed by atoms with Crippen LogP contribution >= 0.6 is 0 Å². The largest absolute Gasteiger partial charge is 0.460 e. The minimum absolute atomic E-state index is 0.0725. The maximum atomic E-state index is 11.3. The predicted octanol–water partition coefficient (Wildman–Crippen LogP) is 1.23. The molecule has 2 N–H and O–H groups in total. The van der Waals surface area contributed by atoms with Crippen molar-refractivity contribution in [3.05, 3.63) is 0 Å². The zero-order chi connectivity index (χ0) is 11.4. The molecule has 0 fully saturated rings. The van der Waals surface area contributed by atoms with Gasteiger partial charge in [0.1, 0.15) is 5.60 Å². The van der Waals surface area contributed by atoms with Crippen LogP contribution in [0.25, 0.3) is 0 Å². The highest BCUT2D eigenvalue weighted by molar-refractivity contribution is 5.82. The van der Waals surface area contributed by atoms with E-state index >= 15 is 0 Å². The zero-order valence-corrected chi connectivity index (χ0v) is 9.29. The molecular formula is C10H19NO3. The molecule has 0 aliphatic carbocycles. The third-order valence-corrected chi connectivity index (χ3v) is 1.73. The normalized spacial score (nSPS) is 13.4. The van der Waals surface area contributed by atoms with Crippen molar-refractivity contribution >= 4 is 11.9 Å². The van der Waals surface area contributed by atoms with Gasteiger partial charge in [-0.2, -0.15) is 0 Å². The van der Waals surface area contributed by atoms with Gasteiger partial charge in [0.15, 0.2) is 0 Å². The van der Waals surface area contributed by atoms with Crippen molar-refractivity contribution in [1.82, 2.24) is 0 Å². The number of hydrogen-bond donors (Lipinski definition) is 1. The van der Waals surface area contributed by atoms with Gasteiger partial charge < -0.3 is 10.5 Å². The summed E-state index contributed by atoms with van der Waals surface area (Å²) in [6.07, 6.45) is 0.637. The van der Waals surface area contributed by atoms with Gasteiger partial charge >= 0.3 is 5.97 Å². The van der Waals surface area contributed by atoms with E-state index in [0.717, 1.165) is 0 Å². The van der Waals surface area contributed by atoms with Gasteiger partial charge in [0.2, 0.25) is 5.91 Å². The third-order valence-electron chi connectivity index (χ3n) is 1.73. The fourth-order valence-corrected chi connectivity index (χ4v) is 1.03. The maximum Gasteiger partial charge on any atom is 0.307 e. The Hall–Kier alpha value is -1.06. The molecule has 0 saturated heterocycles. The van der Waals surface area contributed by atoms with Crippen molar-refractivity contribution in [2.24, 2.45) is 11.7 Å². The van der Waals surface area contributed by atoms with E-state index in [1.54, 1.807) is 20.8 Å². The van der Waals surface area contributed by atoms with E-state index in [4.69, 9.17) is 10.5 Å². The van der Waals surface area contributed by atoms with Crippen LogP contribution in [0.4, 0.5) is 0 Å². The van der Waals surface area contributed by atoms with Crippen molar-refractivity contribution in [1.29, 1.82) is 0 Å². The molecule has 4 heteroatoms. The molecular weight excluding hydrogens is 182 g/mol. The standard InChI is InChI=1S/C10H19NO3/c1-5-7(9(11)13)6-8(12)14-10(2,3)4/h7H,5-6H2,1-4H3,(H2,11,13)/t7-/m0/s1. The second kappa shape index (κ2) is 4.98. The average molecular weight is 201 g/mol. The van der Waals surface area contributed by atoms with Crippen LogP contribution < -0.4 is 5.73 Å². The molecule has 0 saturated carbocycles. The third kappa shape index (κ3) is 5.56. The molecule has 0 bridgehead atoms. The Morgan fingerprint density at radius 2 is 1.86 bits per heavy atom. The van der Waals surface area contributed by atoms with Gasteiger partial charge in [-0.3, -0.25) is 9.59 Å². The van der Waals surface area contributed by atoms with Crippen molar-refractivity contribution in [2.75, 3.05) is 0 Å². The van der Waals surface area contributed by atoms with Gasteiger partial charge in [0.25, 0.3) is 0 Å². The van der Waals surface area contributed by atoms with Crippen LogP contribution in [-0.2, 0) is 14.3 Å². The SMILES string of the molecule is CC[C@@H](CC(=O)OC(C)(C)C)C(N)=O. The number of hydrogen-bond acceptors (Lipinski definition) is 3. The van der Waals surface area contributed by atoms with Crippen LogP contribution in [0.5, 0.6) is 0 Å². The molecule has 1 amide bonds. The zero-order valence-electron chi connectivity index (χ0n) is 9.29. The fraction of sp³-hybridized carbons (Fsp3) is 0.800. The molecule has 0 rings (SSSR count). The van der Waals surface area contributed by atoms with Crippen LogP contribution in [0.2, 0.25) is 0 Å². The van der Waals surface area contributed by atoms with Crippen LogP contribution in [0, 0.1) is 5.92 Å². The summed E-state index contributed by atoms with van der Waals surface area (Å²) in [6.45, 7) is 7.18. The molecule has 0 radical (unpaired) electrons. The first-order valence-electron chi connectivity index (χ1n) is 4.77. The second-order valence-corrected chi connectivity index (χ2v) is 4.30. The van der Waals surface area contributed by atoms with Gasteiger partial charge in [-0.15, -0.1) is 0 Å². The van der Waals surface area contributed by atoms with Gasteiger partial charge in [-0.25, -0.2) is 0 Å². The Morgan fingerprint density at radius 1 is 1.36 bits per heavy atom. The summed E-state index contributed by atoms with van der Waals surface area (Å²) in [6, 6.07) is 0. The van der Waals surface area contributed by atoms with E-state index < -0.39 is 17.4 Å². The molecule has 0 aromatic rings. The van der Waals surface area contributed by atoms with Crippen LogP contribution in [-0.4, -0.2) is 17.5 Å². The Balaban J connectivity index is 4.11. The molecule has 0 aliphatic rings. The number of esters is 1. The van der Waals surface area contributed by atoms with Gasteiger partial charge in [-0.1, -0.05) is 6.92 Å². The number of nitrogens with two attached hydrogens (primary N) is 1. The lowest BCUT2D eigenvalue weighted by molar-refractivity contribution is -0.157. The highest BCUT2D eigenvalue weighted by Gasteiger charge is 2.22. The van der Waals surface area contributed by atoms with E-state index in [1.807, 2.05) is 6.92 Å². The predicted molar refractivity (Wildman–Crippen MR) is 53.4 cm³/mol. The van der Waals surface area contributed by atoms with Gasteiger partial charge in [0, 0.05) is 5.92 Å². The van der Waals surface area contributed by atoms with Crippen LogP contribution in [0.15, 0.2) is 0 Å². The first-order chi connectivity index (χ1) is 6.26. The lowest BCUT2D eigenvalue weighted by Gasteiger charge is -2.20. The fourth-order valence-electron chi connectivity index (χ4n) is 1.03. The number of carbonyl (C=O) groups is 2. The van der Waals surface area contributed by atoms with Crippen molar-refractivity contribution < 1.29 is 14.3 Å². The van der Waals surface area contributed by atoms with E-state index in [1.165, 1.54) is 0 Å². The van der Waals surface area contributed by atoms with Crippen LogP contribution in [0.3, 0.4) is 0 Å². The Labute approximate surface area is 84.8 Å². The number of carbonyl (C=O) groups excluding carboxylic acids is 2. The number of ether oxygens (including phenoxy) is 1. The van der Waals surface area contributed by atoms with Crippen molar-refractivity contribution in [3.63, 3.8) is 0 Å². The smallest absolute Gasteiger partial charge is 0.307 e. The molecule has 0 aromatic carbocycles. The topological polar surface area (TPSA) is 69.4 Å². The highest BCUT2D eigenvalue weighted by Crippen LogP contribution is 2.13. The molecule has 82 valence electrons. The summed E-state index contributed by atoms with van der Waals surface area (Å²) < 4.78 is 5.07. The first kappa shape index (κ1) is 12.9. The minimum Gasteiger partial charge on any atom is -0.460 e. The van der Waals surface area contributed by atoms with Crippen molar-refractivity contribution in [3.8, 4) is 0 Å². The summed E-state index contributed by atoms with van der Waals surface area (Å²) in [5, 5.41) is 0. The summed E-state index contributed by atoms with van der Waals surface area (Å²) in [4.78, 5) is 22.1. The molecule has 0 unspecified atom stereocenters. The summed E-state index contributed by atoms with van der Waals surface area (Å²) in [5.74, 6) is -1.23. The molecule has 0 aliphatic heterocycles. The number of rotatable bonds is 4. The van der Waals surface area contributed by atoms with Crippen molar-refractivity contribution in [2.45, 2.75) is 46.1 Å². The number of primary amides is 1. The Morgan fingerprint density at radius 3 is 2.14 bits per heavy atom. The van der Waals surface area contributed by atoms with E-state index in [2.05, 4.69) is 0 Å². The average Bonchev–Trinajstić information content (AvgIpc) is 1.96. The number of amides is 1.